The van der Waals surface area contributed by atoms with Crippen molar-refractivity contribution in [3.8, 4) is 5.88 Å². The molecule has 0 radical (unpaired) electrons. The van der Waals surface area contributed by atoms with Crippen LogP contribution in [0.1, 0.15) is 11.3 Å². The van der Waals surface area contributed by atoms with Gasteiger partial charge in [0.2, 0.25) is 5.88 Å². The molecule has 1 fully saturated rings. The van der Waals surface area contributed by atoms with Crippen LogP contribution in [0.3, 0.4) is 0 Å². The molecule has 0 bridgehead atoms. The number of aromatic hydroxyl groups is 1. The van der Waals surface area contributed by atoms with Crippen LogP contribution >= 0.6 is 11.6 Å². The van der Waals surface area contributed by atoms with Crippen LogP contribution in [0.5, 0.6) is 5.88 Å². The zero-order valence-corrected chi connectivity index (χ0v) is 10.7. The molecule has 1 aliphatic heterocycles. The molecule has 0 saturated carbocycles. The Bertz CT molecular complexity index is 688. The van der Waals surface area contributed by atoms with Crippen LogP contribution in [0.15, 0.2) is 6.20 Å². The lowest BCUT2D eigenvalue weighted by molar-refractivity contribution is -0.187. The topological polar surface area (TPSA) is 75.5 Å². The number of aliphatic hydroxyl groups is 1. The Labute approximate surface area is 112 Å². The summed E-state index contributed by atoms with van der Waals surface area (Å²) in [4.78, 5) is 7.58. The molecular formula is C12H10ClFN2O3. The van der Waals surface area contributed by atoms with Crippen molar-refractivity contribution in [1.82, 2.24) is 9.97 Å². The largest absolute Gasteiger partial charge is 0.493 e. The molecule has 1 saturated heterocycles. The summed E-state index contributed by atoms with van der Waals surface area (Å²) in [5, 5.41) is 20.1. The standard InChI is InChI=1S/C12H10ClFN2O3/c1-5-7-6(2-15-10(13)8(7)14)11(17)16-9(5)12(18)3-19-4-12/h2,18H,3-4H2,1H3,(H,16,17). The predicted molar refractivity (Wildman–Crippen MR) is 65.6 cm³/mol. The van der Waals surface area contributed by atoms with Crippen LogP contribution in [-0.4, -0.2) is 33.4 Å². The van der Waals surface area contributed by atoms with Gasteiger partial charge in [0.05, 0.1) is 24.3 Å². The van der Waals surface area contributed by atoms with Gasteiger partial charge in [0.1, 0.15) is 0 Å². The number of fused-ring (bicyclic) bond motifs is 1. The summed E-state index contributed by atoms with van der Waals surface area (Å²) in [5.41, 5.74) is -0.678. The first kappa shape index (κ1) is 12.5. The van der Waals surface area contributed by atoms with Crippen LogP contribution in [-0.2, 0) is 10.3 Å². The maximum absolute atomic E-state index is 14.1. The van der Waals surface area contributed by atoms with Crippen molar-refractivity contribution in [1.29, 1.82) is 0 Å². The van der Waals surface area contributed by atoms with Gasteiger partial charge in [-0.25, -0.2) is 14.4 Å². The predicted octanol–water partition coefficient (Wildman–Crippen LogP) is 1.65. The summed E-state index contributed by atoms with van der Waals surface area (Å²) in [7, 11) is 0. The van der Waals surface area contributed by atoms with Gasteiger partial charge in [0, 0.05) is 11.6 Å². The van der Waals surface area contributed by atoms with Crippen molar-refractivity contribution in [3.63, 3.8) is 0 Å². The molecule has 7 heteroatoms. The fourth-order valence-corrected chi connectivity index (χ4v) is 2.40. The minimum Gasteiger partial charge on any atom is -0.493 e. The van der Waals surface area contributed by atoms with Crippen LogP contribution in [0.2, 0.25) is 5.15 Å². The average molecular weight is 285 g/mol. The summed E-state index contributed by atoms with van der Waals surface area (Å²) >= 11 is 5.65. The minimum absolute atomic E-state index is 0.0617. The van der Waals surface area contributed by atoms with Crippen molar-refractivity contribution >= 4 is 22.4 Å². The molecule has 2 N–H and O–H groups in total. The highest BCUT2D eigenvalue weighted by atomic mass is 35.5. The second-order valence-corrected chi connectivity index (χ2v) is 4.94. The Hall–Kier alpha value is -1.50. The third kappa shape index (κ3) is 1.68. The maximum atomic E-state index is 14.1. The molecule has 0 aromatic carbocycles. The molecule has 2 aromatic rings. The Morgan fingerprint density at radius 3 is 2.74 bits per heavy atom. The highest BCUT2D eigenvalue weighted by molar-refractivity contribution is 6.30. The second kappa shape index (κ2) is 4.00. The SMILES string of the molecule is Cc1c(C2(O)COC2)nc(O)c2cnc(Cl)c(F)c12. The zero-order chi connectivity index (χ0) is 13.8. The number of aryl methyl sites for hydroxylation is 1. The zero-order valence-electron chi connectivity index (χ0n) is 9.94. The Kier molecular flexibility index (Phi) is 2.63. The van der Waals surface area contributed by atoms with E-state index in [0.717, 1.165) is 0 Å². The smallest absolute Gasteiger partial charge is 0.220 e. The summed E-state index contributed by atoms with van der Waals surface area (Å²) in [6, 6.07) is 0. The van der Waals surface area contributed by atoms with Gasteiger partial charge in [0.25, 0.3) is 0 Å². The van der Waals surface area contributed by atoms with E-state index in [1.165, 1.54) is 6.20 Å². The number of pyridine rings is 2. The molecule has 2 aromatic heterocycles. The highest BCUT2D eigenvalue weighted by Crippen LogP contribution is 2.37. The maximum Gasteiger partial charge on any atom is 0.220 e. The van der Waals surface area contributed by atoms with Crippen molar-refractivity contribution < 1.29 is 19.3 Å². The molecule has 100 valence electrons. The van der Waals surface area contributed by atoms with Crippen LogP contribution in [0, 0.1) is 12.7 Å². The monoisotopic (exact) mass is 284 g/mol. The van der Waals surface area contributed by atoms with Crippen LogP contribution in [0.4, 0.5) is 4.39 Å². The Balaban J connectivity index is 2.38. The lowest BCUT2D eigenvalue weighted by atomic mass is 9.91. The van der Waals surface area contributed by atoms with Crippen molar-refractivity contribution in [2.75, 3.05) is 13.2 Å². The van der Waals surface area contributed by atoms with E-state index in [9.17, 15) is 14.6 Å². The van der Waals surface area contributed by atoms with E-state index < -0.39 is 11.4 Å². The van der Waals surface area contributed by atoms with Crippen molar-refractivity contribution in [3.05, 3.63) is 28.4 Å². The lowest BCUT2D eigenvalue weighted by Gasteiger charge is -2.36. The lowest BCUT2D eigenvalue weighted by Crippen LogP contribution is -2.47. The Morgan fingerprint density at radius 1 is 1.47 bits per heavy atom. The summed E-state index contributed by atoms with van der Waals surface area (Å²) < 4.78 is 19.0. The molecule has 0 atom stereocenters. The number of ether oxygens (including phenoxy) is 1. The fraction of sp³-hybridized carbons (Fsp3) is 0.333. The van der Waals surface area contributed by atoms with Crippen LogP contribution < -0.4 is 0 Å². The minimum atomic E-state index is -1.29. The van der Waals surface area contributed by atoms with Crippen molar-refractivity contribution in [2.24, 2.45) is 0 Å². The van der Waals surface area contributed by atoms with E-state index in [2.05, 4.69) is 9.97 Å². The van der Waals surface area contributed by atoms with E-state index in [4.69, 9.17) is 16.3 Å². The fourth-order valence-electron chi connectivity index (χ4n) is 2.25. The molecule has 0 amide bonds. The molecule has 0 unspecified atom stereocenters. The average Bonchev–Trinajstić information content (AvgIpc) is 2.34. The molecule has 1 aliphatic rings. The first-order chi connectivity index (χ1) is 8.94. The molecule has 0 spiro atoms. The van der Waals surface area contributed by atoms with Gasteiger partial charge in [-0.2, -0.15) is 0 Å². The molecule has 0 aliphatic carbocycles. The first-order valence-corrected chi connectivity index (χ1v) is 5.96. The molecule has 5 nitrogen and oxygen atoms in total. The molecular weight excluding hydrogens is 275 g/mol. The van der Waals surface area contributed by atoms with Gasteiger partial charge < -0.3 is 14.9 Å². The van der Waals surface area contributed by atoms with Crippen molar-refractivity contribution in [2.45, 2.75) is 12.5 Å². The van der Waals surface area contributed by atoms with E-state index in [1.807, 2.05) is 0 Å². The van der Waals surface area contributed by atoms with E-state index in [0.29, 0.717) is 5.56 Å². The highest BCUT2D eigenvalue weighted by Gasteiger charge is 2.41. The van der Waals surface area contributed by atoms with Gasteiger partial charge in [-0.3, -0.25) is 0 Å². The van der Waals surface area contributed by atoms with Crippen LogP contribution in [0.25, 0.3) is 10.8 Å². The third-order valence-corrected chi connectivity index (χ3v) is 3.55. The number of hydrogen-bond acceptors (Lipinski definition) is 5. The summed E-state index contributed by atoms with van der Waals surface area (Å²) in [6.45, 7) is 1.73. The molecule has 19 heavy (non-hydrogen) atoms. The number of rotatable bonds is 1. The van der Waals surface area contributed by atoms with E-state index in [1.54, 1.807) is 6.92 Å². The first-order valence-electron chi connectivity index (χ1n) is 5.58. The number of aromatic nitrogens is 2. The molecule has 3 rings (SSSR count). The van der Waals surface area contributed by atoms with Gasteiger partial charge in [-0.1, -0.05) is 11.6 Å². The quantitative estimate of drug-likeness (QED) is 0.779. The third-order valence-electron chi connectivity index (χ3n) is 3.29. The number of hydrogen-bond donors (Lipinski definition) is 2. The van der Waals surface area contributed by atoms with Gasteiger partial charge in [-0.05, 0) is 12.5 Å². The van der Waals surface area contributed by atoms with Gasteiger partial charge >= 0.3 is 0 Å². The summed E-state index contributed by atoms with van der Waals surface area (Å²) in [5.74, 6) is -1.13. The van der Waals surface area contributed by atoms with Gasteiger partial charge in [0.15, 0.2) is 16.6 Å². The normalized spacial score (nSPS) is 17.5. The number of halogens is 2. The van der Waals surface area contributed by atoms with E-state index in [-0.39, 0.29) is 40.7 Å². The van der Waals surface area contributed by atoms with E-state index >= 15 is 0 Å². The Morgan fingerprint density at radius 2 is 2.16 bits per heavy atom. The molecule has 3 heterocycles. The van der Waals surface area contributed by atoms with Gasteiger partial charge in [-0.15, -0.1) is 0 Å². The summed E-state index contributed by atoms with van der Waals surface area (Å²) in [6.07, 6.45) is 1.25. The number of nitrogens with zero attached hydrogens (tertiary/aromatic N) is 2. The second-order valence-electron chi connectivity index (χ2n) is 4.59.